The second-order valence-electron chi connectivity index (χ2n) is 4.62. The number of thiophene rings is 1. The Kier molecular flexibility index (Phi) is 2.22. The molecule has 1 aliphatic carbocycles. The number of thiazole rings is 1. The number of nitrogens with zero attached hydrogens (tertiary/aromatic N) is 2. The van der Waals surface area contributed by atoms with Gasteiger partial charge in [0, 0.05) is 18.1 Å². The molecule has 0 spiro atoms. The fourth-order valence-electron chi connectivity index (χ4n) is 2.01. The smallest absolute Gasteiger partial charge is 0.261 e. The van der Waals surface area contributed by atoms with Gasteiger partial charge in [-0.1, -0.05) is 0 Å². The molecule has 1 aliphatic rings. The molecule has 92 valence electrons. The summed E-state index contributed by atoms with van der Waals surface area (Å²) in [6.45, 7) is 0.815. The lowest BCUT2D eigenvalue weighted by atomic mass is 10.4. The van der Waals surface area contributed by atoms with Crippen LogP contribution >= 0.6 is 22.7 Å². The van der Waals surface area contributed by atoms with Crippen molar-refractivity contribution in [3.63, 3.8) is 0 Å². The maximum atomic E-state index is 12.0. The zero-order chi connectivity index (χ0) is 12.1. The zero-order valence-electron chi connectivity index (χ0n) is 9.55. The van der Waals surface area contributed by atoms with E-state index >= 15 is 0 Å². The van der Waals surface area contributed by atoms with E-state index in [1.54, 1.807) is 11.3 Å². The first-order valence-corrected chi connectivity index (χ1v) is 7.64. The molecule has 6 heteroatoms. The van der Waals surface area contributed by atoms with Crippen molar-refractivity contribution in [3.05, 3.63) is 22.5 Å². The monoisotopic (exact) mass is 277 g/mol. The van der Waals surface area contributed by atoms with E-state index in [0.717, 1.165) is 26.7 Å². The predicted molar refractivity (Wildman–Crippen MR) is 73.5 cm³/mol. The number of carbonyl (C=O) groups excluding carboxylic acids is 1. The molecule has 3 aromatic rings. The second kappa shape index (κ2) is 3.80. The van der Waals surface area contributed by atoms with E-state index in [0.29, 0.717) is 5.92 Å². The predicted octanol–water partition coefficient (Wildman–Crippen LogP) is 2.75. The lowest BCUT2D eigenvalue weighted by molar-refractivity contribution is 0.0956. The largest absolute Gasteiger partial charge is 0.351 e. The van der Waals surface area contributed by atoms with Gasteiger partial charge in [-0.05, 0) is 24.8 Å². The Morgan fingerprint density at radius 2 is 2.44 bits per heavy atom. The summed E-state index contributed by atoms with van der Waals surface area (Å²) in [5.41, 5.74) is 1.04. The molecular formula is C12H11N3OS2. The molecule has 4 rings (SSSR count). The number of aromatic nitrogens is 2. The van der Waals surface area contributed by atoms with Crippen molar-refractivity contribution in [2.24, 2.45) is 5.92 Å². The van der Waals surface area contributed by atoms with Crippen LogP contribution in [0.3, 0.4) is 0 Å². The molecule has 0 unspecified atom stereocenters. The zero-order valence-corrected chi connectivity index (χ0v) is 11.2. The highest BCUT2D eigenvalue weighted by atomic mass is 32.1. The van der Waals surface area contributed by atoms with Gasteiger partial charge in [0.1, 0.15) is 4.83 Å². The first-order valence-electron chi connectivity index (χ1n) is 5.94. The Hall–Kier alpha value is -1.40. The number of imidazole rings is 1. The summed E-state index contributed by atoms with van der Waals surface area (Å²) in [5, 5.41) is 5.00. The molecule has 0 aliphatic heterocycles. The lowest BCUT2D eigenvalue weighted by Gasteiger charge is -2.00. The number of hydrogen-bond acceptors (Lipinski definition) is 4. The summed E-state index contributed by atoms with van der Waals surface area (Å²) < 4.78 is 2.04. The van der Waals surface area contributed by atoms with Crippen molar-refractivity contribution in [2.75, 3.05) is 6.54 Å². The highest BCUT2D eigenvalue weighted by Gasteiger charge is 2.22. The molecule has 1 N–H and O–H groups in total. The number of fused-ring (bicyclic) bond motifs is 3. The number of nitrogens with one attached hydrogen (secondary N) is 1. The van der Waals surface area contributed by atoms with Gasteiger partial charge in [-0.2, -0.15) is 0 Å². The van der Waals surface area contributed by atoms with Crippen LogP contribution in [-0.2, 0) is 0 Å². The molecule has 1 amide bonds. The summed E-state index contributed by atoms with van der Waals surface area (Å²) >= 11 is 3.08. The minimum atomic E-state index is 0.0360. The third-order valence-electron chi connectivity index (χ3n) is 3.21. The Morgan fingerprint density at radius 1 is 1.56 bits per heavy atom. The van der Waals surface area contributed by atoms with Gasteiger partial charge in [0.25, 0.3) is 5.91 Å². The molecule has 3 heterocycles. The third-order valence-corrected chi connectivity index (χ3v) is 4.99. The van der Waals surface area contributed by atoms with Crippen molar-refractivity contribution in [2.45, 2.75) is 12.8 Å². The number of hydrogen-bond donors (Lipinski definition) is 1. The average molecular weight is 277 g/mol. The van der Waals surface area contributed by atoms with Gasteiger partial charge in [0.05, 0.1) is 10.4 Å². The molecule has 0 radical (unpaired) electrons. The first-order chi connectivity index (χ1) is 8.81. The summed E-state index contributed by atoms with van der Waals surface area (Å²) in [5.74, 6) is 0.747. The maximum absolute atomic E-state index is 12.0. The third kappa shape index (κ3) is 1.64. The van der Waals surface area contributed by atoms with Gasteiger partial charge in [-0.3, -0.25) is 9.20 Å². The maximum Gasteiger partial charge on any atom is 0.261 e. The summed E-state index contributed by atoms with van der Waals surface area (Å²) in [7, 11) is 0. The van der Waals surface area contributed by atoms with Gasteiger partial charge in [0.15, 0.2) is 4.96 Å². The molecule has 0 saturated heterocycles. The minimum absolute atomic E-state index is 0.0360. The van der Waals surface area contributed by atoms with Crippen molar-refractivity contribution in [1.82, 2.24) is 14.7 Å². The van der Waals surface area contributed by atoms with Crippen LogP contribution in [-0.4, -0.2) is 21.8 Å². The number of carbonyl (C=O) groups is 1. The highest BCUT2D eigenvalue weighted by Crippen LogP contribution is 2.29. The Balaban J connectivity index is 1.66. The summed E-state index contributed by atoms with van der Waals surface area (Å²) in [6, 6.07) is 1.94. The Labute approximate surface area is 111 Å². The van der Waals surface area contributed by atoms with Crippen LogP contribution in [0.4, 0.5) is 0 Å². The van der Waals surface area contributed by atoms with Crippen LogP contribution in [0.2, 0.25) is 0 Å². The van der Waals surface area contributed by atoms with E-state index < -0.39 is 0 Å². The van der Waals surface area contributed by atoms with E-state index in [9.17, 15) is 4.79 Å². The van der Waals surface area contributed by atoms with Gasteiger partial charge in [-0.15, -0.1) is 22.7 Å². The SMILES string of the molecule is O=C(NCC1CC1)c1cc2c(nc3sccn32)s1. The summed E-state index contributed by atoms with van der Waals surface area (Å²) in [6.07, 6.45) is 4.50. The van der Waals surface area contributed by atoms with Crippen molar-refractivity contribution in [1.29, 1.82) is 0 Å². The van der Waals surface area contributed by atoms with Gasteiger partial charge >= 0.3 is 0 Å². The lowest BCUT2D eigenvalue weighted by Crippen LogP contribution is -2.24. The van der Waals surface area contributed by atoms with Gasteiger partial charge < -0.3 is 5.32 Å². The quantitative estimate of drug-likeness (QED) is 0.800. The standard InChI is InChI=1S/C12H11N3OS2/c16-10(13-6-7-1-2-7)9-5-8-11(18-9)14-12-15(8)3-4-17-12/h3-5,7H,1-2,6H2,(H,13,16). The Bertz CT molecular complexity index is 735. The topological polar surface area (TPSA) is 46.4 Å². The molecule has 1 saturated carbocycles. The minimum Gasteiger partial charge on any atom is -0.351 e. The van der Waals surface area contributed by atoms with Crippen LogP contribution in [0, 0.1) is 5.92 Å². The van der Waals surface area contributed by atoms with Crippen molar-refractivity contribution < 1.29 is 4.79 Å². The van der Waals surface area contributed by atoms with E-state index in [4.69, 9.17) is 0 Å². The van der Waals surface area contributed by atoms with E-state index in [-0.39, 0.29) is 5.91 Å². The van der Waals surface area contributed by atoms with Gasteiger partial charge in [0.2, 0.25) is 0 Å². The van der Waals surface area contributed by atoms with Crippen LogP contribution in [0.15, 0.2) is 17.6 Å². The number of amides is 1. The van der Waals surface area contributed by atoms with Crippen molar-refractivity contribution in [3.8, 4) is 0 Å². The van der Waals surface area contributed by atoms with Crippen LogP contribution in [0.5, 0.6) is 0 Å². The van der Waals surface area contributed by atoms with Crippen LogP contribution < -0.4 is 5.32 Å². The molecule has 0 atom stereocenters. The molecule has 4 nitrogen and oxygen atoms in total. The fraction of sp³-hybridized carbons (Fsp3) is 0.333. The average Bonchev–Trinajstić information content (AvgIpc) is 2.78. The molecule has 0 bridgehead atoms. The Morgan fingerprint density at radius 3 is 3.28 bits per heavy atom. The van der Waals surface area contributed by atoms with Crippen LogP contribution in [0.1, 0.15) is 22.5 Å². The molecular weight excluding hydrogens is 266 g/mol. The molecule has 1 fully saturated rings. The van der Waals surface area contributed by atoms with Crippen LogP contribution in [0.25, 0.3) is 15.3 Å². The number of rotatable bonds is 3. The highest BCUT2D eigenvalue weighted by molar-refractivity contribution is 7.21. The second-order valence-corrected chi connectivity index (χ2v) is 6.53. The first kappa shape index (κ1) is 10.5. The normalized spacial score (nSPS) is 15.6. The summed E-state index contributed by atoms with van der Waals surface area (Å²) in [4.78, 5) is 19.2. The van der Waals surface area contributed by atoms with E-state index in [1.807, 2.05) is 22.0 Å². The van der Waals surface area contributed by atoms with Crippen molar-refractivity contribution >= 4 is 43.9 Å². The molecule has 0 aromatic carbocycles. The van der Waals surface area contributed by atoms with Gasteiger partial charge in [-0.25, -0.2) is 4.98 Å². The molecule has 3 aromatic heterocycles. The van der Waals surface area contributed by atoms with E-state index in [2.05, 4.69) is 10.3 Å². The van der Waals surface area contributed by atoms with E-state index in [1.165, 1.54) is 24.2 Å². The fourth-order valence-corrected chi connectivity index (χ4v) is 3.72. The molecule has 18 heavy (non-hydrogen) atoms.